The number of allylic oxidation sites excluding steroid dienone is 2. The maximum atomic E-state index is 10.9. The zero-order valence-corrected chi connectivity index (χ0v) is 8.82. The van der Waals surface area contributed by atoms with Crippen LogP contribution < -0.4 is 10.6 Å². The molecule has 5 nitrogen and oxygen atoms in total. The average Bonchev–Trinajstić information content (AvgIpc) is 2.18. The molecule has 0 aromatic carbocycles. The molecule has 0 amide bonds. The van der Waals surface area contributed by atoms with Crippen molar-refractivity contribution < 1.29 is 15.0 Å². The molecule has 0 saturated carbocycles. The summed E-state index contributed by atoms with van der Waals surface area (Å²) in [5.41, 5.74) is -0.295. The highest BCUT2D eigenvalue weighted by atomic mass is 16.4. The number of carboxylic acid groups (broad SMARTS) is 1. The second-order valence-corrected chi connectivity index (χ2v) is 4.07. The van der Waals surface area contributed by atoms with Crippen molar-refractivity contribution in [3.05, 3.63) is 23.9 Å². The van der Waals surface area contributed by atoms with Gasteiger partial charge in [0.05, 0.1) is 12.2 Å². The van der Waals surface area contributed by atoms with Crippen LogP contribution in [0.2, 0.25) is 0 Å². The summed E-state index contributed by atoms with van der Waals surface area (Å²) in [5.74, 6) is -0.974. The first-order valence-corrected chi connectivity index (χ1v) is 4.71. The lowest BCUT2D eigenvalue weighted by Gasteiger charge is -2.31. The highest BCUT2D eigenvalue weighted by Gasteiger charge is 2.27. The Bertz CT molecular complexity index is 308. The van der Waals surface area contributed by atoms with Crippen LogP contribution >= 0.6 is 0 Å². The Labute approximate surface area is 88.5 Å². The van der Waals surface area contributed by atoms with E-state index >= 15 is 0 Å². The molecule has 0 saturated heterocycles. The number of hydrogen-bond donors (Lipinski definition) is 4. The Balaban J connectivity index is 2.74. The van der Waals surface area contributed by atoms with Crippen LogP contribution in [0.1, 0.15) is 13.8 Å². The minimum absolute atomic E-state index is 0.0677. The normalized spacial score (nSPS) is 20.7. The Morgan fingerprint density at radius 2 is 2.33 bits per heavy atom. The summed E-state index contributed by atoms with van der Waals surface area (Å²) >= 11 is 0. The SMILES string of the molecule is CC(C)(CO)NC1NC=CC=C1C(=O)O. The maximum Gasteiger partial charge on any atom is 0.335 e. The fourth-order valence-electron chi connectivity index (χ4n) is 1.24. The van der Waals surface area contributed by atoms with E-state index in [1.54, 1.807) is 26.1 Å². The van der Waals surface area contributed by atoms with Gasteiger partial charge in [0.25, 0.3) is 0 Å². The number of carbonyl (C=O) groups is 1. The van der Waals surface area contributed by atoms with Crippen molar-refractivity contribution in [3.63, 3.8) is 0 Å². The van der Waals surface area contributed by atoms with E-state index in [2.05, 4.69) is 10.6 Å². The molecule has 5 heteroatoms. The van der Waals surface area contributed by atoms with Crippen molar-refractivity contribution >= 4 is 5.97 Å². The largest absolute Gasteiger partial charge is 0.478 e. The van der Waals surface area contributed by atoms with Gasteiger partial charge in [-0.1, -0.05) is 0 Å². The van der Waals surface area contributed by atoms with Crippen molar-refractivity contribution in [2.24, 2.45) is 0 Å². The lowest BCUT2D eigenvalue weighted by atomic mass is 10.0. The van der Waals surface area contributed by atoms with Crippen molar-refractivity contribution in [1.29, 1.82) is 0 Å². The summed E-state index contributed by atoms with van der Waals surface area (Å²) in [5, 5.41) is 23.9. The molecule has 4 N–H and O–H groups in total. The third kappa shape index (κ3) is 3.07. The van der Waals surface area contributed by atoms with Crippen molar-refractivity contribution in [2.45, 2.75) is 25.6 Å². The van der Waals surface area contributed by atoms with Gasteiger partial charge in [-0.3, -0.25) is 5.32 Å². The molecular formula is C10H16N2O3. The Hall–Kier alpha value is -1.33. The zero-order valence-electron chi connectivity index (χ0n) is 8.82. The first-order valence-electron chi connectivity index (χ1n) is 4.71. The Morgan fingerprint density at radius 1 is 1.67 bits per heavy atom. The van der Waals surface area contributed by atoms with Crippen molar-refractivity contribution in [1.82, 2.24) is 10.6 Å². The predicted octanol–water partition coefficient (Wildman–Crippen LogP) is -0.199. The first kappa shape index (κ1) is 11.7. The molecule has 1 heterocycles. The molecule has 1 aliphatic heterocycles. The van der Waals surface area contributed by atoms with Gasteiger partial charge in [-0.05, 0) is 32.2 Å². The molecule has 1 rings (SSSR count). The summed E-state index contributed by atoms with van der Waals surface area (Å²) in [7, 11) is 0. The summed E-state index contributed by atoms with van der Waals surface area (Å²) in [6.07, 6.45) is 4.35. The van der Waals surface area contributed by atoms with Gasteiger partial charge in [-0.2, -0.15) is 0 Å². The fraction of sp³-hybridized carbons (Fsp3) is 0.500. The first-order chi connectivity index (χ1) is 6.96. The second kappa shape index (κ2) is 4.46. The molecule has 1 atom stereocenters. The van der Waals surface area contributed by atoms with Crippen molar-refractivity contribution in [2.75, 3.05) is 6.61 Å². The van der Waals surface area contributed by atoms with E-state index in [9.17, 15) is 4.79 Å². The van der Waals surface area contributed by atoms with Gasteiger partial charge in [0.2, 0.25) is 0 Å². The molecule has 0 fully saturated rings. The van der Waals surface area contributed by atoms with Crippen LogP contribution in [0.15, 0.2) is 23.9 Å². The standard InChI is InChI=1S/C10H16N2O3/c1-10(2,6-13)12-8-7(9(14)15)4-3-5-11-8/h3-5,8,11-13H,6H2,1-2H3,(H,14,15). The van der Waals surface area contributed by atoms with E-state index in [-0.39, 0.29) is 12.2 Å². The van der Waals surface area contributed by atoms with Gasteiger partial charge >= 0.3 is 5.97 Å². The lowest BCUT2D eigenvalue weighted by Crippen LogP contribution is -2.55. The quantitative estimate of drug-likeness (QED) is 0.519. The third-order valence-electron chi connectivity index (χ3n) is 2.12. The predicted molar refractivity (Wildman–Crippen MR) is 56.1 cm³/mol. The smallest absolute Gasteiger partial charge is 0.335 e. The van der Waals surface area contributed by atoms with Crippen LogP contribution in [0.5, 0.6) is 0 Å². The number of hydrogen-bond acceptors (Lipinski definition) is 4. The van der Waals surface area contributed by atoms with Gasteiger partial charge in [0.15, 0.2) is 0 Å². The minimum Gasteiger partial charge on any atom is -0.478 e. The fourth-order valence-corrected chi connectivity index (χ4v) is 1.24. The highest BCUT2D eigenvalue weighted by molar-refractivity contribution is 5.88. The molecule has 1 unspecified atom stereocenters. The minimum atomic E-state index is -0.974. The van der Waals surface area contributed by atoms with E-state index in [4.69, 9.17) is 10.2 Å². The lowest BCUT2D eigenvalue weighted by molar-refractivity contribution is -0.133. The number of aliphatic hydroxyl groups is 1. The maximum absolute atomic E-state index is 10.9. The Morgan fingerprint density at radius 3 is 2.87 bits per heavy atom. The summed E-state index contributed by atoms with van der Waals surface area (Å²) in [6, 6.07) is 0. The van der Waals surface area contributed by atoms with Crippen LogP contribution in [0.25, 0.3) is 0 Å². The monoisotopic (exact) mass is 212 g/mol. The van der Waals surface area contributed by atoms with Crippen LogP contribution in [-0.4, -0.2) is 34.5 Å². The molecule has 84 valence electrons. The number of rotatable bonds is 4. The molecule has 0 bridgehead atoms. The summed E-state index contributed by atoms with van der Waals surface area (Å²) in [6.45, 7) is 3.53. The number of carboxylic acids is 1. The number of aliphatic carboxylic acids is 1. The molecular weight excluding hydrogens is 196 g/mol. The molecule has 0 aliphatic carbocycles. The number of dihydropyridines is 1. The number of nitrogens with one attached hydrogen (secondary N) is 2. The zero-order chi connectivity index (χ0) is 11.5. The van der Waals surface area contributed by atoms with Crippen molar-refractivity contribution in [3.8, 4) is 0 Å². The van der Waals surface area contributed by atoms with E-state index in [1.807, 2.05) is 0 Å². The summed E-state index contributed by atoms with van der Waals surface area (Å²) in [4.78, 5) is 10.9. The van der Waals surface area contributed by atoms with Gasteiger partial charge in [0, 0.05) is 5.54 Å². The van der Waals surface area contributed by atoms with Gasteiger partial charge in [0.1, 0.15) is 6.17 Å². The van der Waals surface area contributed by atoms with Gasteiger partial charge in [-0.25, -0.2) is 4.79 Å². The summed E-state index contributed by atoms with van der Waals surface area (Å²) < 4.78 is 0. The molecule has 15 heavy (non-hydrogen) atoms. The van der Waals surface area contributed by atoms with Gasteiger partial charge in [-0.15, -0.1) is 0 Å². The molecule has 0 radical (unpaired) electrons. The average molecular weight is 212 g/mol. The second-order valence-electron chi connectivity index (χ2n) is 4.07. The van der Waals surface area contributed by atoms with Crippen LogP contribution in [0.4, 0.5) is 0 Å². The molecule has 0 aromatic heterocycles. The van der Waals surface area contributed by atoms with E-state index in [0.717, 1.165) is 0 Å². The van der Waals surface area contributed by atoms with E-state index < -0.39 is 17.7 Å². The van der Waals surface area contributed by atoms with Crippen LogP contribution in [0.3, 0.4) is 0 Å². The Kier molecular flexibility index (Phi) is 3.49. The number of aliphatic hydroxyl groups excluding tert-OH is 1. The third-order valence-corrected chi connectivity index (χ3v) is 2.12. The van der Waals surface area contributed by atoms with Gasteiger partial charge < -0.3 is 15.5 Å². The van der Waals surface area contributed by atoms with E-state index in [1.165, 1.54) is 6.08 Å². The molecule has 0 aromatic rings. The molecule has 1 aliphatic rings. The van der Waals surface area contributed by atoms with Crippen LogP contribution in [0, 0.1) is 0 Å². The van der Waals surface area contributed by atoms with E-state index in [0.29, 0.717) is 0 Å². The topological polar surface area (TPSA) is 81.6 Å². The van der Waals surface area contributed by atoms with Crippen LogP contribution in [-0.2, 0) is 4.79 Å². The highest BCUT2D eigenvalue weighted by Crippen LogP contribution is 2.10. The molecule has 0 spiro atoms.